The Hall–Kier alpha value is -1.30. The van der Waals surface area contributed by atoms with Crippen molar-refractivity contribution in [2.24, 2.45) is 0 Å². The largest absolute Gasteiger partial charge is 0.465 e. The molecule has 1 N–H and O–H groups in total. The molecule has 0 spiro atoms. The Labute approximate surface area is 104 Å². The number of imidazole rings is 1. The van der Waals surface area contributed by atoms with Crippen LogP contribution < -0.4 is 0 Å². The van der Waals surface area contributed by atoms with Gasteiger partial charge in [0.15, 0.2) is 16.2 Å². The highest BCUT2D eigenvalue weighted by atomic mass is 32.2. The number of nitrogens with zero attached hydrogens (tertiary/aromatic N) is 1. The number of esters is 1. The normalized spacial score (nSPS) is 12.2. The lowest BCUT2D eigenvalue weighted by Crippen LogP contribution is -2.27. The number of rotatable bonds is 5. The maximum absolute atomic E-state index is 11.6. The summed E-state index contributed by atoms with van der Waals surface area (Å²) in [7, 11) is 0. The fraction of sp³-hybridized carbons (Fsp3) is 0.545. The first kappa shape index (κ1) is 13.8. The molecule has 0 aliphatic heterocycles. The number of nitrogens with one attached hydrogen (secondary N) is 1. The Balaban J connectivity index is 2.80. The molecular formula is C11H16N2O3S. The fourth-order valence-electron chi connectivity index (χ4n) is 1.20. The molecule has 17 heavy (non-hydrogen) atoms. The van der Waals surface area contributed by atoms with Gasteiger partial charge in [0.1, 0.15) is 0 Å². The zero-order valence-electron chi connectivity index (χ0n) is 10.4. The number of ether oxygens (including phenoxy) is 1. The highest BCUT2D eigenvalue weighted by Crippen LogP contribution is 2.23. The summed E-state index contributed by atoms with van der Waals surface area (Å²) in [6.07, 6.45) is 0. The van der Waals surface area contributed by atoms with Gasteiger partial charge in [-0.1, -0.05) is 11.8 Å². The molecule has 1 aromatic heterocycles. The van der Waals surface area contributed by atoms with Gasteiger partial charge >= 0.3 is 5.97 Å². The first-order valence-corrected chi connectivity index (χ1v) is 6.20. The third kappa shape index (κ3) is 3.59. The molecule has 1 atom stereocenters. The van der Waals surface area contributed by atoms with Gasteiger partial charge < -0.3 is 9.72 Å². The molecule has 5 nitrogen and oxygen atoms in total. The number of hydrogen-bond donors (Lipinski definition) is 1. The summed E-state index contributed by atoms with van der Waals surface area (Å²) < 4.78 is 4.85. The van der Waals surface area contributed by atoms with Crippen LogP contribution in [-0.4, -0.2) is 33.6 Å². The van der Waals surface area contributed by atoms with Crippen LogP contribution in [0.15, 0.2) is 5.16 Å². The number of aromatic amines is 1. The van der Waals surface area contributed by atoms with Gasteiger partial charge in [-0.05, 0) is 27.7 Å². The van der Waals surface area contributed by atoms with E-state index in [0.29, 0.717) is 5.16 Å². The predicted molar refractivity (Wildman–Crippen MR) is 65.0 cm³/mol. The maximum Gasteiger partial charge on any atom is 0.327 e. The molecule has 1 heterocycles. The summed E-state index contributed by atoms with van der Waals surface area (Å²) in [5.74, 6) is -0.753. The van der Waals surface area contributed by atoms with Crippen molar-refractivity contribution in [3.05, 3.63) is 11.4 Å². The summed E-state index contributed by atoms with van der Waals surface area (Å²) >= 11 is 1.09. The minimum absolute atomic E-state index is 0.236. The molecule has 0 saturated carbocycles. The van der Waals surface area contributed by atoms with Crippen molar-refractivity contribution in [2.45, 2.75) is 38.1 Å². The van der Waals surface area contributed by atoms with E-state index >= 15 is 0 Å². The second-order valence-electron chi connectivity index (χ2n) is 3.61. The molecular weight excluding hydrogens is 240 g/mol. The molecule has 94 valence electrons. The van der Waals surface area contributed by atoms with Crippen LogP contribution in [0.3, 0.4) is 0 Å². The minimum Gasteiger partial charge on any atom is -0.465 e. The predicted octanol–water partition coefficient (Wildman–Crippen LogP) is 1.64. The van der Waals surface area contributed by atoms with Gasteiger partial charge in [-0.2, -0.15) is 0 Å². The molecule has 0 radical (unpaired) electrons. The van der Waals surface area contributed by atoms with Crippen LogP contribution in [-0.2, 0) is 14.3 Å². The SMILES string of the molecule is CCOC(=O)C(Sc1nc(C)c(C)[nH]1)C(C)=O. The molecule has 0 amide bonds. The quantitative estimate of drug-likeness (QED) is 0.492. The maximum atomic E-state index is 11.6. The minimum atomic E-state index is -0.847. The van der Waals surface area contributed by atoms with Gasteiger partial charge in [-0.25, -0.2) is 4.98 Å². The second kappa shape index (κ2) is 5.86. The fourth-order valence-corrected chi connectivity index (χ4v) is 2.15. The number of carbonyl (C=O) groups excluding carboxylic acids is 2. The van der Waals surface area contributed by atoms with E-state index in [1.807, 2.05) is 13.8 Å². The third-order valence-corrected chi connectivity index (χ3v) is 3.38. The number of hydrogen-bond acceptors (Lipinski definition) is 5. The van der Waals surface area contributed by atoms with Crippen molar-refractivity contribution in [2.75, 3.05) is 6.61 Å². The average Bonchev–Trinajstić information content (AvgIpc) is 2.54. The molecule has 0 bridgehead atoms. The zero-order valence-corrected chi connectivity index (χ0v) is 11.2. The van der Waals surface area contributed by atoms with Gasteiger partial charge in [0.2, 0.25) is 0 Å². The number of aromatic nitrogens is 2. The highest BCUT2D eigenvalue weighted by molar-refractivity contribution is 8.01. The monoisotopic (exact) mass is 256 g/mol. The molecule has 1 rings (SSSR count). The second-order valence-corrected chi connectivity index (χ2v) is 4.71. The Morgan fingerprint density at radius 1 is 1.47 bits per heavy atom. The molecule has 0 saturated heterocycles. The summed E-state index contributed by atoms with van der Waals surface area (Å²) in [4.78, 5) is 30.2. The van der Waals surface area contributed by atoms with Gasteiger partial charge in [0, 0.05) is 5.69 Å². The van der Waals surface area contributed by atoms with E-state index < -0.39 is 11.2 Å². The van der Waals surface area contributed by atoms with Crippen LogP contribution in [0.5, 0.6) is 0 Å². The Morgan fingerprint density at radius 3 is 2.53 bits per heavy atom. The number of thioether (sulfide) groups is 1. The van der Waals surface area contributed by atoms with Gasteiger partial charge in [0.05, 0.1) is 12.3 Å². The highest BCUT2D eigenvalue weighted by Gasteiger charge is 2.27. The van der Waals surface area contributed by atoms with Crippen LogP contribution in [0.4, 0.5) is 0 Å². The smallest absolute Gasteiger partial charge is 0.327 e. The van der Waals surface area contributed by atoms with Crippen LogP contribution in [0, 0.1) is 13.8 Å². The molecule has 0 aliphatic rings. The number of carbonyl (C=O) groups is 2. The van der Waals surface area contributed by atoms with E-state index in [-0.39, 0.29) is 12.4 Å². The molecule has 1 unspecified atom stereocenters. The van der Waals surface area contributed by atoms with Gasteiger partial charge in [0.25, 0.3) is 0 Å². The van der Waals surface area contributed by atoms with E-state index in [1.165, 1.54) is 6.92 Å². The number of ketones is 1. The first-order valence-electron chi connectivity index (χ1n) is 5.32. The lowest BCUT2D eigenvalue weighted by molar-refractivity contribution is -0.144. The average molecular weight is 256 g/mol. The molecule has 0 aromatic carbocycles. The van der Waals surface area contributed by atoms with Crippen molar-refractivity contribution in [3.63, 3.8) is 0 Å². The molecule has 0 aliphatic carbocycles. The van der Waals surface area contributed by atoms with E-state index in [1.54, 1.807) is 6.92 Å². The van der Waals surface area contributed by atoms with Gasteiger partial charge in [-0.3, -0.25) is 9.59 Å². The van der Waals surface area contributed by atoms with Crippen molar-refractivity contribution in [1.82, 2.24) is 9.97 Å². The lowest BCUT2D eigenvalue weighted by atomic mass is 10.3. The topological polar surface area (TPSA) is 72.0 Å². The van der Waals surface area contributed by atoms with Crippen LogP contribution in [0.2, 0.25) is 0 Å². The van der Waals surface area contributed by atoms with E-state index in [9.17, 15) is 9.59 Å². The number of Topliss-reactive ketones (excluding diaryl/α,β-unsaturated/α-hetero) is 1. The van der Waals surface area contributed by atoms with Crippen molar-refractivity contribution < 1.29 is 14.3 Å². The standard InChI is InChI=1S/C11H16N2O3S/c1-5-16-10(15)9(8(4)14)17-11-12-6(2)7(3)13-11/h9H,5H2,1-4H3,(H,12,13). The summed E-state index contributed by atoms with van der Waals surface area (Å²) in [6.45, 7) is 7.10. The van der Waals surface area contributed by atoms with Crippen molar-refractivity contribution in [1.29, 1.82) is 0 Å². The van der Waals surface area contributed by atoms with E-state index in [0.717, 1.165) is 23.1 Å². The first-order chi connectivity index (χ1) is 7.95. The number of aryl methyl sites for hydroxylation is 2. The Morgan fingerprint density at radius 2 is 2.12 bits per heavy atom. The van der Waals surface area contributed by atoms with Crippen molar-refractivity contribution >= 4 is 23.5 Å². The zero-order chi connectivity index (χ0) is 13.0. The van der Waals surface area contributed by atoms with Gasteiger partial charge in [-0.15, -0.1) is 0 Å². The van der Waals surface area contributed by atoms with E-state index in [2.05, 4.69) is 9.97 Å². The molecule has 0 fully saturated rings. The summed E-state index contributed by atoms with van der Waals surface area (Å²) in [5.41, 5.74) is 1.79. The van der Waals surface area contributed by atoms with Crippen LogP contribution >= 0.6 is 11.8 Å². The molecule has 1 aromatic rings. The lowest BCUT2D eigenvalue weighted by Gasteiger charge is -2.10. The summed E-state index contributed by atoms with van der Waals surface area (Å²) in [6, 6.07) is 0. The number of H-pyrrole nitrogens is 1. The summed E-state index contributed by atoms with van der Waals surface area (Å²) in [5, 5.41) is -0.284. The third-order valence-electron chi connectivity index (χ3n) is 2.21. The Kier molecular flexibility index (Phi) is 4.74. The molecule has 6 heteroatoms. The van der Waals surface area contributed by atoms with Crippen molar-refractivity contribution in [3.8, 4) is 0 Å². The van der Waals surface area contributed by atoms with Crippen LogP contribution in [0.25, 0.3) is 0 Å². The Bertz CT molecular complexity index is 409. The van der Waals surface area contributed by atoms with Crippen LogP contribution in [0.1, 0.15) is 25.2 Å². The van der Waals surface area contributed by atoms with E-state index in [4.69, 9.17) is 4.74 Å².